The summed E-state index contributed by atoms with van der Waals surface area (Å²) in [6, 6.07) is 9.62. The van der Waals surface area contributed by atoms with Gasteiger partial charge in [-0.15, -0.1) is 0 Å². The van der Waals surface area contributed by atoms with Crippen LogP contribution in [-0.2, 0) is 6.42 Å². The summed E-state index contributed by atoms with van der Waals surface area (Å²) in [7, 11) is 2.09. The summed E-state index contributed by atoms with van der Waals surface area (Å²) in [5, 5.41) is 4.36. The molecular weight excluding hydrogens is 262 g/mol. The molecule has 1 saturated carbocycles. The Balaban J connectivity index is 1.87. The minimum absolute atomic E-state index is 0.489. The molecule has 112 valence electrons. The van der Waals surface area contributed by atoms with Crippen molar-refractivity contribution in [1.29, 1.82) is 0 Å². The Hall–Kier alpha value is -0.470. The molecule has 0 aromatic heterocycles. The number of nitrogens with one attached hydrogen (secondary N) is 1. The normalized spacial score (nSPS) is 24.6. The minimum atomic E-state index is 0.489. The summed E-state index contributed by atoms with van der Waals surface area (Å²) in [6.45, 7) is 4.62. The molecule has 0 bridgehead atoms. The quantitative estimate of drug-likeness (QED) is 0.806. The van der Waals surface area contributed by atoms with Crippen molar-refractivity contribution in [3.63, 3.8) is 0 Å². The molecule has 1 aromatic rings. The standard InChI is InChI=1S/C18H29NS/c1-4-15-8-10-16(11-9-15)18(19-3)13-20-17-7-5-6-14(2)12-17/h8-11,14,17-19H,4-7,12-13H2,1-3H3. The van der Waals surface area contributed by atoms with Crippen molar-refractivity contribution in [3.8, 4) is 0 Å². The second-order valence-electron chi connectivity index (χ2n) is 6.16. The molecule has 3 atom stereocenters. The number of hydrogen-bond acceptors (Lipinski definition) is 2. The second kappa shape index (κ2) is 8.09. The van der Waals surface area contributed by atoms with Gasteiger partial charge in [0.05, 0.1) is 0 Å². The average molecular weight is 292 g/mol. The highest BCUT2D eigenvalue weighted by molar-refractivity contribution is 7.99. The first-order valence-electron chi connectivity index (χ1n) is 8.10. The van der Waals surface area contributed by atoms with E-state index >= 15 is 0 Å². The average Bonchev–Trinajstić information content (AvgIpc) is 2.48. The highest BCUT2D eigenvalue weighted by Gasteiger charge is 2.20. The lowest BCUT2D eigenvalue weighted by atomic mass is 9.91. The maximum atomic E-state index is 3.49. The first-order chi connectivity index (χ1) is 9.72. The topological polar surface area (TPSA) is 12.0 Å². The molecule has 1 aliphatic rings. The summed E-state index contributed by atoms with van der Waals surface area (Å²) < 4.78 is 0. The number of hydrogen-bond donors (Lipinski definition) is 1. The van der Waals surface area contributed by atoms with Gasteiger partial charge in [-0.05, 0) is 43.4 Å². The molecule has 2 rings (SSSR count). The Morgan fingerprint density at radius 3 is 2.60 bits per heavy atom. The molecule has 1 aromatic carbocycles. The van der Waals surface area contributed by atoms with E-state index in [2.05, 4.69) is 62.2 Å². The van der Waals surface area contributed by atoms with E-state index in [1.165, 1.54) is 42.6 Å². The van der Waals surface area contributed by atoms with Gasteiger partial charge >= 0.3 is 0 Å². The lowest BCUT2D eigenvalue weighted by Gasteiger charge is -2.28. The molecule has 0 spiro atoms. The van der Waals surface area contributed by atoms with E-state index in [9.17, 15) is 0 Å². The molecule has 1 fully saturated rings. The van der Waals surface area contributed by atoms with Crippen LogP contribution in [0, 0.1) is 5.92 Å². The molecule has 0 saturated heterocycles. The van der Waals surface area contributed by atoms with Crippen LogP contribution in [0.2, 0.25) is 0 Å². The van der Waals surface area contributed by atoms with Crippen molar-refractivity contribution in [2.75, 3.05) is 12.8 Å². The van der Waals surface area contributed by atoms with Crippen LogP contribution in [0.3, 0.4) is 0 Å². The van der Waals surface area contributed by atoms with Gasteiger partial charge in [0.15, 0.2) is 0 Å². The molecule has 20 heavy (non-hydrogen) atoms. The van der Waals surface area contributed by atoms with Crippen LogP contribution in [0.1, 0.15) is 56.7 Å². The van der Waals surface area contributed by atoms with Gasteiger partial charge < -0.3 is 5.32 Å². The summed E-state index contributed by atoms with van der Waals surface area (Å²) in [5.74, 6) is 2.12. The van der Waals surface area contributed by atoms with E-state index in [-0.39, 0.29) is 0 Å². The van der Waals surface area contributed by atoms with Gasteiger partial charge in [0.25, 0.3) is 0 Å². The van der Waals surface area contributed by atoms with Crippen molar-refractivity contribution in [2.45, 2.75) is 57.2 Å². The van der Waals surface area contributed by atoms with Gasteiger partial charge in [0.1, 0.15) is 0 Å². The molecular formula is C18H29NS. The molecule has 3 unspecified atom stereocenters. The van der Waals surface area contributed by atoms with Crippen molar-refractivity contribution in [3.05, 3.63) is 35.4 Å². The van der Waals surface area contributed by atoms with Crippen molar-refractivity contribution in [2.24, 2.45) is 5.92 Å². The molecule has 1 aliphatic carbocycles. The predicted octanol–water partition coefficient (Wildman–Crippen LogP) is 4.82. The maximum Gasteiger partial charge on any atom is 0.0409 e. The molecule has 1 nitrogen and oxygen atoms in total. The van der Waals surface area contributed by atoms with Gasteiger partial charge in [-0.2, -0.15) is 11.8 Å². The van der Waals surface area contributed by atoms with Crippen LogP contribution in [0.25, 0.3) is 0 Å². The molecule has 0 aliphatic heterocycles. The highest BCUT2D eigenvalue weighted by Crippen LogP contribution is 2.33. The summed E-state index contributed by atoms with van der Waals surface area (Å²) >= 11 is 2.18. The zero-order valence-corrected chi connectivity index (χ0v) is 14.0. The molecule has 2 heteroatoms. The van der Waals surface area contributed by atoms with Gasteiger partial charge in [-0.25, -0.2) is 0 Å². The second-order valence-corrected chi connectivity index (χ2v) is 7.50. The first kappa shape index (κ1) is 15.9. The van der Waals surface area contributed by atoms with Crippen LogP contribution in [0.4, 0.5) is 0 Å². The van der Waals surface area contributed by atoms with Gasteiger partial charge in [-0.1, -0.05) is 51.0 Å². The molecule has 0 radical (unpaired) electrons. The van der Waals surface area contributed by atoms with Crippen LogP contribution in [0.15, 0.2) is 24.3 Å². The van der Waals surface area contributed by atoms with E-state index in [0.29, 0.717) is 6.04 Å². The maximum absolute atomic E-state index is 3.49. The monoisotopic (exact) mass is 291 g/mol. The van der Waals surface area contributed by atoms with E-state index in [0.717, 1.165) is 17.6 Å². The van der Waals surface area contributed by atoms with Gasteiger partial charge in [0.2, 0.25) is 0 Å². The number of benzene rings is 1. The Labute approximate surface area is 128 Å². The third-order valence-electron chi connectivity index (χ3n) is 4.53. The van der Waals surface area contributed by atoms with Crippen LogP contribution < -0.4 is 5.32 Å². The Morgan fingerprint density at radius 1 is 1.25 bits per heavy atom. The third-order valence-corrected chi connectivity index (χ3v) is 5.95. The number of rotatable bonds is 6. The molecule has 0 amide bonds. The van der Waals surface area contributed by atoms with Gasteiger partial charge in [-0.3, -0.25) is 0 Å². The number of thioether (sulfide) groups is 1. The van der Waals surface area contributed by atoms with Crippen molar-refractivity contribution < 1.29 is 0 Å². The largest absolute Gasteiger partial charge is 0.312 e. The van der Waals surface area contributed by atoms with E-state index in [4.69, 9.17) is 0 Å². The predicted molar refractivity (Wildman–Crippen MR) is 91.5 cm³/mol. The Kier molecular flexibility index (Phi) is 6.44. The molecule has 1 N–H and O–H groups in total. The highest BCUT2D eigenvalue weighted by atomic mass is 32.2. The molecule has 0 heterocycles. The summed E-state index contributed by atoms with van der Waals surface area (Å²) in [6.07, 6.45) is 6.81. The number of aryl methyl sites for hydroxylation is 1. The SMILES string of the molecule is CCc1ccc(C(CSC2CCCC(C)C2)NC)cc1. The smallest absolute Gasteiger partial charge is 0.0409 e. The van der Waals surface area contributed by atoms with Crippen molar-refractivity contribution >= 4 is 11.8 Å². The fourth-order valence-electron chi connectivity index (χ4n) is 3.09. The lowest BCUT2D eigenvalue weighted by Crippen LogP contribution is -2.22. The van der Waals surface area contributed by atoms with Gasteiger partial charge in [0, 0.05) is 17.0 Å². The fourth-order valence-corrected chi connectivity index (χ4v) is 4.72. The van der Waals surface area contributed by atoms with Crippen LogP contribution in [-0.4, -0.2) is 18.1 Å². The van der Waals surface area contributed by atoms with E-state index < -0.39 is 0 Å². The van der Waals surface area contributed by atoms with E-state index in [1.54, 1.807) is 0 Å². The zero-order chi connectivity index (χ0) is 14.4. The van der Waals surface area contributed by atoms with Crippen molar-refractivity contribution in [1.82, 2.24) is 5.32 Å². The first-order valence-corrected chi connectivity index (χ1v) is 9.15. The third kappa shape index (κ3) is 4.53. The fraction of sp³-hybridized carbons (Fsp3) is 0.667. The Bertz CT molecular complexity index is 387. The van der Waals surface area contributed by atoms with E-state index in [1.807, 2.05) is 0 Å². The summed E-state index contributed by atoms with van der Waals surface area (Å²) in [5.41, 5.74) is 2.86. The lowest BCUT2D eigenvalue weighted by molar-refractivity contribution is 0.394. The Morgan fingerprint density at radius 2 is 2.00 bits per heavy atom. The van der Waals surface area contributed by atoms with Crippen LogP contribution in [0.5, 0.6) is 0 Å². The minimum Gasteiger partial charge on any atom is -0.312 e. The van der Waals surface area contributed by atoms with Crippen LogP contribution >= 0.6 is 11.8 Å². The zero-order valence-electron chi connectivity index (χ0n) is 13.2. The summed E-state index contributed by atoms with van der Waals surface area (Å²) in [4.78, 5) is 0.